The summed E-state index contributed by atoms with van der Waals surface area (Å²) in [7, 11) is -4.49. The number of amides is 1. The smallest absolute Gasteiger partial charge is 0.776 e. The largest absolute Gasteiger partial charge is 1.00 e. The van der Waals surface area contributed by atoms with Gasteiger partial charge in [-0.2, -0.15) is 0 Å². The van der Waals surface area contributed by atoms with E-state index in [0.29, 0.717) is 17.3 Å². The van der Waals surface area contributed by atoms with Crippen molar-refractivity contribution in [3.8, 4) is 0 Å². The summed E-state index contributed by atoms with van der Waals surface area (Å²) in [6.45, 7) is -0.291. The molecule has 0 radical (unpaired) electrons. The van der Waals surface area contributed by atoms with Crippen molar-refractivity contribution in [2.24, 2.45) is 0 Å². The number of carbonyl (C=O) groups is 1. The topological polar surface area (TPSA) is 101 Å². The number of benzene rings is 1. The van der Waals surface area contributed by atoms with Crippen molar-refractivity contribution in [1.82, 2.24) is 5.06 Å². The Kier molecular flexibility index (Phi) is 9.25. The molecule has 104 valence electrons. The molecule has 0 saturated heterocycles. The fourth-order valence-electron chi connectivity index (χ4n) is 1.41. The summed E-state index contributed by atoms with van der Waals surface area (Å²) in [4.78, 5) is 30.4. The summed E-state index contributed by atoms with van der Waals surface area (Å²) in [5, 5.41) is 9.76. The van der Waals surface area contributed by atoms with Crippen LogP contribution < -0.4 is 34.5 Å². The Labute approximate surface area is 139 Å². The molecule has 1 aromatic carbocycles. The van der Waals surface area contributed by atoms with E-state index >= 15 is 0 Å². The maximum atomic E-state index is 11.5. The molecular formula is C12H15NNaO5P. The first-order valence-electron chi connectivity index (χ1n) is 5.63. The van der Waals surface area contributed by atoms with Gasteiger partial charge in [-0.05, 0) is 17.8 Å². The van der Waals surface area contributed by atoms with Gasteiger partial charge in [-0.3, -0.25) is 10.0 Å². The van der Waals surface area contributed by atoms with Crippen LogP contribution >= 0.6 is 7.60 Å². The van der Waals surface area contributed by atoms with Crippen molar-refractivity contribution in [1.29, 1.82) is 0 Å². The minimum atomic E-state index is -4.49. The average molecular weight is 307 g/mol. The van der Waals surface area contributed by atoms with Gasteiger partial charge < -0.3 is 14.4 Å². The first kappa shape index (κ1) is 19.5. The standard InChI is InChI=1S/C12H16NO5P.Na/c14-12(8-7-11-5-2-1-3-6-11)13(15)9-4-10-19(16,17)18;/h1-6,10,15H,7-9H2,(H2,16,17,18);/q;+1/p-1/b10-4+;. The molecule has 0 aromatic heterocycles. The van der Waals surface area contributed by atoms with E-state index in [-0.39, 0.29) is 42.5 Å². The molecule has 1 unspecified atom stereocenters. The average Bonchev–Trinajstić information content (AvgIpc) is 2.35. The normalized spacial score (nSPS) is 13.6. The molecular weight excluding hydrogens is 292 g/mol. The van der Waals surface area contributed by atoms with Crippen molar-refractivity contribution < 1.29 is 53.9 Å². The molecule has 20 heavy (non-hydrogen) atoms. The van der Waals surface area contributed by atoms with E-state index in [4.69, 9.17) is 4.89 Å². The fourth-order valence-corrected chi connectivity index (χ4v) is 1.77. The minimum Gasteiger partial charge on any atom is -0.776 e. The predicted octanol–water partition coefficient (Wildman–Crippen LogP) is -2.10. The Bertz CT molecular complexity index is 488. The van der Waals surface area contributed by atoms with Crippen LogP contribution in [-0.2, 0) is 15.8 Å². The van der Waals surface area contributed by atoms with E-state index in [9.17, 15) is 19.5 Å². The van der Waals surface area contributed by atoms with Gasteiger partial charge in [0.05, 0.1) is 6.54 Å². The molecule has 0 aliphatic heterocycles. The monoisotopic (exact) mass is 307 g/mol. The summed E-state index contributed by atoms with van der Waals surface area (Å²) in [6, 6.07) is 9.31. The molecule has 0 saturated carbocycles. The molecule has 1 aromatic rings. The van der Waals surface area contributed by atoms with Crippen LogP contribution in [0.2, 0.25) is 0 Å². The zero-order chi connectivity index (χ0) is 14.3. The van der Waals surface area contributed by atoms with Gasteiger partial charge in [0, 0.05) is 6.42 Å². The third-order valence-electron chi connectivity index (χ3n) is 2.33. The Morgan fingerprint density at radius 3 is 2.50 bits per heavy atom. The van der Waals surface area contributed by atoms with Crippen LogP contribution in [0.3, 0.4) is 0 Å². The van der Waals surface area contributed by atoms with Crippen LogP contribution in [0.15, 0.2) is 42.2 Å². The molecule has 0 spiro atoms. The Morgan fingerprint density at radius 1 is 1.35 bits per heavy atom. The van der Waals surface area contributed by atoms with Crippen LogP contribution in [0, 0.1) is 0 Å². The number of carbonyl (C=O) groups excluding carboxylic acids is 1. The van der Waals surface area contributed by atoms with Crippen LogP contribution in [0.5, 0.6) is 0 Å². The zero-order valence-corrected chi connectivity index (χ0v) is 14.1. The zero-order valence-electron chi connectivity index (χ0n) is 11.2. The van der Waals surface area contributed by atoms with Gasteiger partial charge >= 0.3 is 29.6 Å². The summed E-state index contributed by atoms with van der Waals surface area (Å²) >= 11 is 0. The minimum absolute atomic E-state index is 0. The van der Waals surface area contributed by atoms with Gasteiger partial charge in [0.25, 0.3) is 0 Å². The summed E-state index contributed by atoms with van der Waals surface area (Å²) in [5.41, 5.74) is 0.971. The molecule has 0 bridgehead atoms. The van der Waals surface area contributed by atoms with Crippen molar-refractivity contribution in [2.75, 3.05) is 6.54 Å². The second-order valence-corrected chi connectivity index (χ2v) is 5.34. The molecule has 0 aliphatic rings. The maximum absolute atomic E-state index is 11.5. The molecule has 8 heteroatoms. The molecule has 1 rings (SSSR count). The molecule has 0 heterocycles. The fraction of sp³-hybridized carbons (Fsp3) is 0.250. The second kappa shape index (κ2) is 9.47. The molecule has 0 fully saturated rings. The van der Waals surface area contributed by atoms with E-state index in [2.05, 4.69) is 0 Å². The van der Waals surface area contributed by atoms with Gasteiger partial charge in [-0.25, -0.2) is 5.06 Å². The van der Waals surface area contributed by atoms with Gasteiger partial charge in [-0.1, -0.05) is 36.4 Å². The summed E-state index contributed by atoms with van der Waals surface area (Å²) in [6.07, 6.45) is 1.59. The molecule has 6 nitrogen and oxygen atoms in total. The van der Waals surface area contributed by atoms with Gasteiger partial charge in [0.15, 0.2) is 7.60 Å². The number of nitrogens with zero attached hydrogens (tertiary/aromatic N) is 1. The van der Waals surface area contributed by atoms with Crippen molar-refractivity contribution in [3.05, 3.63) is 47.8 Å². The molecule has 1 atom stereocenters. The van der Waals surface area contributed by atoms with Crippen molar-refractivity contribution >= 4 is 13.5 Å². The molecule has 1 amide bonds. The van der Waals surface area contributed by atoms with E-state index in [1.807, 2.05) is 30.3 Å². The second-order valence-electron chi connectivity index (χ2n) is 3.91. The van der Waals surface area contributed by atoms with E-state index in [1.54, 1.807) is 0 Å². The SMILES string of the molecule is O=C(CCc1ccccc1)N(O)C/C=C/P(=O)([O-])O.[Na+]. The number of rotatable bonds is 6. The number of aryl methyl sites for hydroxylation is 1. The Morgan fingerprint density at radius 2 is 1.95 bits per heavy atom. The van der Waals surface area contributed by atoms with Gasteiger partial charge in [-0.15, -0.1) is 0 Å². The maximum Gasteiger partial charge on any atom is 1.00 e. The number of hydrogen-bond acceptors (Lipinski definition) is 4. The first-order valence-corrected chi connectivity index (χ1v) is 7.27. The molecule has 0 aliphatic carbocycles. The number of hydrogen-bond donors (Lipinski definition) is 2. The van der Waals surface area contributed by atoms with E-state index in [0.717, 1.165) is 11.6 Å². The van der Waals surface area contributed by atoms with Crippen LogP contribution in [0.25, 0.3) is 0 Å². The van der Waals surface area contributed by atoms with E-state index in [1.165, 1.54) is 0 Å². The van der Waals surface area contributed by atoms with Crippen molar-refractivity contribution in [3.63, 3.8) is 0 Å². The summed E-state index contributed by atoms with van der Waals surface area (Å²) in [5.74, 6) is 0.0212. The van der Waals surface area contributed by atoms with Crippen LogP contribution in [-0.4, -0.2) is 27.6 Å². The van der Waals surface area contributed by atoms with Crippen LogP contribution in [0.4, 0.5) is 0 Å². The Balaban J connectivity index is 0.00000361. The third kappa shape index (κ3) is 8.66. The quantitative estimate of drug-likeness (QED) is 0.271. The number of hydroxylamine groups is 2. The molecule has 2 N–H and O–H groups in total. The van der Waals surface area contributed by atoms with Crippen LogP contribution in [0.1, 0.15) is 12.0 Å². The third-order valence-corrected chi connectivity index (χ3v) is 2.92. The summed E-state index contributed by atoms with van der Waals surface area (Å²) < 4.78 is 10.4. The van der Waals surface area contributed by atoms with Gasteiger partial charge in [0.1, 0.15) is 0 Å². The predicted molar refractivity (Wildman–Crippen MR) is 67.2 cm³/mol. The van der Waals surface area contributed by atoms with E-state index < -0.39 is 13.5 Å². The van der Waals surface area contributed by atoms with Gasteiger partial charge in [0.2, 0.25) is 5.91 Å². The Hall–Kier alpha value is -0.460. The first-order chi connectivity index (χ1) is 8.88. The van der Waals surface area contributed by atoms with Crippen molar-refractivity contribution in [2.45, 2.75) is 12.8 Å².